The maximum absolute atomic E-state index is 11.4. The van der Waals surface area contributed by atoms with E-state index in [-0.39, 0.29) is 11.9 Å². The molecule has 1 rings (SSSR count). The molecule has 0 aliphatic heterocycles. The molecular weight excluding hydrogens is 188 g/mol. The molecular formula is C13H22O2. The van der Waals surface area contributed by atoms with Crippen molar-refractivity contribution < 1.29 is 9.53 Å². The van der Waals surface area contributed by atoms with Gasteiger partial charge >= 0.3 is 5.97 Å². The molecule has 0 heterocycles. The topological polar surface area (TPSA) is 26.3 Å². The summed E-state index contributed by atoms with van der Waals surface area (Å²) in [6, 6.07) is 0. The Kier molecular flexibility index (Phi) is 6.14. The minimum absolute atomic E-state index is 0.00639. The van der Waals surface area contributed by atoms with Crippen molar-refractivity contribution in [2.45, 2.75) is 51.4 Å². The van der Waals surface area contributed by atoms with Crippen molar-refractivity contribution in [3.05, 3.63) is 12.2 Å². The Bertz CT molecular complexity index is 209. The van der Waals surface area contributed by atoms with Gasteiger partial charge in [0.1, 0.15) is 0 Å². The van der Waals surface area contributed by atoms with Gasteiger partial charge in [0.05, 0.1) is 13.0 Å². The number of carbonyl (C=O) groups is 1. The maximum Gasteiger partial charge on any atom is 0.312 e. The summed E-state index contributed by atoms with van der Waals surface area (Å²) >= 11 is 0. The lowest BCUT2D eigenvalue weighted by Gasteiger charge is -2.09. The quantitative estimate of drug-likeness (QED) is 0.489. The Balaban J connectivity index is 2.46. The van der Waals surface area contributed by atoms with Gasteiger partial charge in [-0.15, -0.1) is 0 Å². The molecule has 86 valence electrons. The van der Waals surface area contributed by atoms with Crippen LogP contribution < -0.4 is 0 Å². The first kappa shape index (κ1) is 12.3. The summed E-state index contributed by atoms with van der Waals surface area (Å²) in [6.07, 6.45) is 13.9. The molecule has 0 spiro atoms. The van der Waals surface area contributed by atoms with Crippen molar-refractivity contribution in [1.82, 2.24) is 0 Å². The van der Waals surface area contributed by atoms with Crippen molar-refractivity contribution in [2.75, 3.05) is 7.11 Å². The molecule has 1 unspecified atom stereocenters. The van der Waals surface area contributed by atoms with Crippen LogP contribution in [0.5, 0.6) is 0 Å². The summed E-state index contributed by atoms with van der Waals surface area (Å²) < 4.78 is 4.80. The van der Waals surface area contributed by atoms with E-state index >= 15 is 0 Å². The Morgan fingerprint density at radius 2 is 1.80 bits per heavy atom. The van der Waals surface area contributed by atoms with Crippen LogP contribution in [-0.4, -0.2) is 13.1 Å². The van der Waals surface area contributed by atoms with Gasteiger partial charge in [0.25, 0.3) is 0 Å². The zero-order chi connectivity index (χ0) is 10.9. The Morgan fingerprint density at radius 3 is 2.53 bits per heavy atom. The van der Waals surface area contributed by atoms with E-state index in [4.69, 9.17) is 4.74 Å². The zero-order valence-electron chi connectivity index (χ0n) is 9.71. The lowest BCUT2D eigenvalue weighted by Crippen LogP contribution is -2.13. The number of hydrogen-bond acceptors (Lipinski definition) is 2. The highest BCUT2D eigenvalue weighted by Gasteiger charge is 2.15. The van der Waals surface area contributed by atoms with Crippen molar-refractivity contribution in [2.24, 2.45) is 5.92 Å². The number of ether oxygens (including phenoxy) is 1. The van der Waals surface area contributed by atoms with Crippen LogP contribution in [0.1, 0.15) is 51.4 Å². The molecule has 0 N–H and O–H groups in total. The SMILES string of the molecule is COC(=O)C1/C=C\CCCCCCCC1. The van der Waals surface area contributed by atoms with Gasteiger partial charge in [-0.2, -0.15) is 0 Å². The average molecular weight is 210 g/mol. The number of hydrogen-bond donors (Lipinski definition) is 0. The van der Waals surface area contributed by atoms with Gasteiger partial charge in [-0.3, -0.25) is 4.79 Å². The second-order valence-electron chi connectivity index (χ2n) is 4.26. The van der Waals surface area contributed by atoms with E-state index in [0.717, 1.165) is 19.3 Å². The van der Waals surface area contributed by atoms with Gasteiger partial charge < -0.3 is 4.74 Å². The van der Waals surface area contributed by atoms with Crippen LogP contribution in [0.3, 0.4) is 0 Å². The summed E-state index contributed by atoms with van der Waals surface area (Å²) in [5.74, 6) is -0.0846. The standard InChI is InChI=1S/C13H22O2/c1-15-13(14)12-10-8-6-4-2-3-5-7-9-11-12/h8,10,12H,2-7,9,11H2,1H3/b10-8-. The van der Waals surface area contributed by atoms with Gasteiger partial charge in [0.15, 0.2) is 0 Å². The first-order chi connectivity index (χ1) is 7.34. The van der Waals surface area contributed by atoms with Gasteiger partial charge in [0, 0.05) is 0 Å². The maximum atomic E-state index is 11.4. The lowest BCUT2D eigenvalue weighted by molar-refractivity contribution is -0.143. The number of allylic oxidation sites excluding steroid dienone is 1. The predicted molar refractivity (Wildman–Crippen MR) is 61.6 cm³/mol. The third-order valence-corrected chi connectivity index (χ3v) is 3.01. The third kappa shape index (κ3) is 5.01. The number of esters is 1. The molecule has 0 aromatic rings. The molecule has 15 heavy (non-hydrogen) atoms. The van der Waals surface area contributed by atoms with E-state index in [1.54, 1.807) is 0 Å². The van der Waals surface area contributed by atoms with Crippen molar-refractivity contribution in [3.63, 3.8) is 0 Å². The number of rotatable bonds is 1. The minimum Gasteiger partial charge on any atom is -0.469 e. The van der Waals surface area contributed by atoms with E-state index in [9.17, 15) is 4.79 Å². The first-order valence-corrected chi connectivity index (χ1v) is 6.09. The van der Waals surface area contributed by atoms with Crippen LogP contribution in [-0.2, 0) is 9.53 Å². The molecule has 0 amide bonds. The monoisotopic (exact) mass is 210 g/mol. The van der Waals surface area contributed by atoms with E-state index in [1.165, 1.54) is 39.2 Å². The van der Waals surface area contributed by atoms with E-state index in [1.807, 2.05) is 6.08 Å². The fourth-order valence-electron chi connectivity index (χ4n) is 2.04. The van der Waals surface area contributed by atoms with Gasteiger partial charge in [-0.05, 0) is 19.3 Å². The highest BCUT2D eigenvalue weighted by Crippen LogP contribution is 2.17. The van der Waals surface area contributed by atoms with Crippen LogP contribution >= 0.6 is 0 Å². The van der Waals surface area contributed by atoms with Crippen LogP contribution in [0.15, 0.2) is 12.2 Å². The second-order valence-corrected chi connectivity index (χ2v) is 4.26. The van der Waals surface area contributed by atoms with E-state index in [0.29, 0.717) is 0 Å². The summed E-state index contributed by atoms with van der Waals surface area (Å²) in [5.41, 5.74) is 0. The largest absolute Gasteiger partial charge is 0.469 e. The summed E-state index contributed by atoms with van der Waals surface area (Å²) in [6.45, 7) is 0. The minimum atomic E-state index is -0.0782. The zero-order valence-corrected chi connectivity index (χ0v) is 9.71. The van der Waals surface area contributed by atoms with Crippen molar-refractivity contribution >= 4 is 5.97 Å². The summed E-state index contributed by atoms with van der Waals surface area (Å²) in [4.78, 5) is 11.4. The number of methoxy groups -OCH3 is 1. The fraction of sp³-hybridized carbons (Fsp3) is 0.769. The fourth-order valence-corrected chi connectivity index (χ4v) is 2.04. The van der Waals surface area contributed by atoms with Crippen LogP contribution in [0.4, 0.5) is 0 Å². The van der Waals surface area contributed by atoms with Gasteiger partial charge in [-0.25, -0.2) is 0 Å². The lowest BCUT2D eigenvalue weighted by atomic mass is 10.0. The van der Waals surface area contributed by atoms with Crippen LogP contribution in [0, 0.1) is 5.92 Å². The normalized spacial score (nSPS) is 26.3. The highest BCUT2D eigenvalue weighted by atomic mass is 16.5. The summed E-state index contributed by atoms with van der Waals surface area (Å²) in [7, 11) is 1.47. The molecule has 2 heteroatoms. The van der Waals surface area contributed by atoms with Crippen LogP contribution in [0.25, 0.3) is 0 Å². The Labute approximate surface area is 92.7 Å². The predicted octanol–water partition coefficient (Wildman–Crippen LogP) is 3.47. The van der Waals surface area contributed by atoms with E-state index in [2.05, 4.69) is 6.08 Å². The first-order valence-electron chi connectivity index (χ1n) is 6.09. The third-order valence-electron chi connectivity index (χ3n) is 3.01. The molecule has 1 aliphatic rings. The smallest absolute Gasteiger partial charge is 0.312 e. The molecule has 1 aliphatic carbocycles. The van der Waals surface area contributed by atoms with Gasteiger partial charge in [-0.1, -0.05) is 44.3 Å². The average Bonchev–Trinajstić information content (AvgIpc) is 2.32. The van der Waals surface area contributed by atoms with Crippen molar-refractivity contribution in [1.29, 1.82) is 0 Å². The van der Waals surface area contributed by atoms with Crippen molar-refractivity contribution in [3.8, 4) is 0 Å². The molecule has 0 radical (unpaired) electrons. The molecule has 0 aromatic heterocycles. The van der Waals surface area contributed by atoms with E-state index < -0.39 is 0 Å². The molecule has 0 saturated carbocycles. The molecule has 0 fully saturated rings. The summed E-state index contributed by atoms with van der Waals surface area (Å²) in [5, 5.41) is 0. The molecule has 0 saturated heterocycles. The molecule has 2 nitrogen and oxygen atoms in total. The Hall–Kier alpha value is -0.790. The molecule has 0 bridgehead atoms. The van der Waals surface area contributed by atoms with Gasteiger partial charge in [0.2, 0.25) is 0 Å². The molecule has 1 atom stereocenters. The second kappa shape index (κ2) is 7.49. The number of carbonyl (C=O) groups excluding carboxylic acids is 1. The highest BCUT2D eigenvalue weighted by molar-refractivity contribution is 5.74. The Morgan fingerprint density at radius 1 is 1.13 bits per heavy atom. The molecule has 0 aromatic carbocycles. The van der Waals surface area contributed by atoms with Crippen LogP contribution in [0.2, 0.25) is 0 Å².